The van der Waals surface area contributed by atoms with Crippen LogP contribution in [0.15, 0.2) is 59.8 Å². The molecule has 0 atom stereocenters. The Morgan fingerprint density at radius 1 is 1.11 bits per heavy atom. The van der Waals surface area contributed by atoms with E-state index in [0.29, 0.717) is 22.6 Å². The molecule has 3 aromatic rings. The lowest BCUT2D eigenvalue weighted by molar-refractivity contribution is 0.112. The largest absolute Gasteiger partial charge is 0.398 e. The summed E-state index contributed by atoms with van der Waals surface area (Å²) in [5.41, 5.74) is 12.0. The number of nitrogens with two attached hydrogens (primary N) is 1. The molecule has 0 spiro atoms. The molecule has 0 amide bonds. The monoisotopic (exact) mass is 391 g/mol. The molecule has 0 radical (unpaired) electrons. The Labute approximate surface area is 170 Å². The molecule has 144 valence electrons. The fraction of sp³-hybridized carbons (Fsp3) is 0.174. The van der Waals surface area contributed by atoms with E-state index in [1.165, 1.54) is 22.9 Å². The van der Waals surface area contributed by atoms with Crippen molar-refractivity contribution in [1.82, 2.24) is 4.98 Å². The molecule has 0 aliphatic rings. The van der Waals surface area contributed by atoms with E-state index in [4.69, 9.17) is 11.1 Å². The van der Waals surface area contributed by atoms with Gasteiger partial charge in [0, 0.05) is 51.6 Å². The first-order valence-electron chi connectivity index (χ1n) is 9.14. The Morgan fingerprint density at radius 2 is 1.86 bits per heavy atom. The molecule has 0 aliphatic carbocycles. The van der Waals surface area contributed by atoms with Gasteiger partial charge in [0.2, 0.25) is 0 Å². The zero-order chi connectivity index (χ0) is 20.5. The lowest BCUT2D eigenvalue weighted by Gasteiger charge is -2.13. The van der Waals surface area contributed by atoms with Crippen LogP contribution in [0.25, 0.3) is 11.1 Å². The average molecular weight is 392 g/mol. The Bertz CT molecular complexity index is 970. The van der Waals surface area contributed by atoms with E-state index in [0.717, 1.165) is 23.0 Å². The first-order valence-corrected chi connectivity index (χ1v) is 10.1. The average Bonchev–Trinajstić information content (AvgIpc) is 2.75. The first-order chi connectivity index (χ1) is 13.6. The number of nitrogens with zero attached hydrogens (tertiary/aromatic N) is 1. The predicted octanol–water partition coefficient (Wildman–Crippen LogP) is 5.77. The Balaban J connectivity index is 0.00000136. The van der Waals surface area contributed by atoms with Gasteiger partial charge in [-0.3, -0.25) is 9.78 Å². The lowest BCUT2D eigenvalue weighted by Crippen LogP contribution is -2.00. The summed E-state index contributed by atoms with van der Waals surface area (Å²) < 4.78 is 0. The van der Waals surface area contributed by atoms with E-state index in [-0.39, 0.29) is 0 Å². The van der Waals surface area contributed by atoms with Gasteiger partial charge in [0.1, 0.15) is 0 Å². The predicted molar refractivity (Wildman–Crippen MR) is 119 cm³/mol. The van der Waals surface area contributed by atoms with Crippen LogP contribution in [0.2, 0.25) is 0 Å². The molecular formula is C23H25N3OS. The van der Waals surface area contributed by atoms with Crippen molar-refractivity contribution in [2.24, 2.45) is 0 Å². The maximum Gasteiger partial charge on any atom is 0.151 e. The zero-order valence-electron chi connectivity index (χ0n) is 16.4. The van der Waals surface area contributed by atoms with Crippen molar-refractivity contribution >= 4 is 30.0 Å². The van der Waals surface area contributed by atoms with Crippen LogP contribution in [0.3, 0.4) is 0 Å². The fourth-order valence-electron chi connectivity index (χ4n) is 2.70. The van der Waals surface area contributed by atoms with Gasteiger partial charge < -0.3 is 11.1 Å². The van der Waals surface area contributed by atoms with Crippen molar-refractivity contribution in [3.8, 4) is 11.1 Å². The van der Waals surface area contributed by atoms with Gasteiger partial charge in [0.25, 0.3) is 0 Å². The number of rotatable bonds is 6. The SMILES string of the molecule is CC.Cc1ccccc1SCc1cc(-c2cncc(C=O)c2)cc(C=N)c1N. The van der Waals surface area contributed by atoms with E-state index in [1.807, 2.05) is 38.1 Å². The number of benzene rings is 2. The molecule has 4 nitrogen and oxygen atoms in total. The Morgan fingerprint density at radius 3 is 2.54 bits per heavy atom. The number of hydrogen-bond donors (Lipinski definition) is 2. The van der Waals surface area contributed by atoms with Crippen LogP contribution in [0.1, 0.15) is 40.9 Å². The highest BCUT2D eigenvalue weighted by atomic mass is 32.2. The summed E-state index contributed by atoms with van der Waals surface area (Å²) in [6.07, 6.45) is 5.28. The van der Waals surface area contributed by atoms with Gasteiger partial charge in [-0.1, -0.05) is 32.0 Å². The molecule has 0 unspecified atom stereocenters. The second-order valence-corrected chi connectivity index (χ2v) is 6.98. The number of carbonyl (C=O) groups excluding carboxylic acids is 1. The number of thioether (sulfide) groups is 1. The molecule has 1 heterocycles. The number of nitrogen functional groups attached to an aromatic ring is 1. The number of carbonyl (C=O) groups is 1. The maximum atomic E-state index is 11.0. The minimum absolute atomic E-state index is 0.520. The van der Waals surface area contributed by atoms with Crippen LogP contribution >= 0.6 is 11.8 Å². The summed E-state index contributed by atoms with van der Waals surface area (Å²) in [4.78, 5) is 16.4. The van der Waals surface area contributed by atoms with Crippen molar-refractivity contribution in [2.75, 3.05) is 5.73 Å². The second-order valence-electron chi connectivity index (χ2n) is 5.96. The number of hydrogen-bond acceptors (Lipinski definition) is 5. The van der Waals surface area contributed by atoms with Gasteiger partial charge in [0.05, 0.1) is 0 Å². The lowest BCUT2D eigenvalue weighted by atomic mass is 9.99. The third-order valence-corrected chi connectivity index (χ3v) is 5.38. The normalized spacial score (nSPS) is 9.96. The quantitative estimate of drug-likeness (QED) is 0.242. The minimum Gasteiger partial charge on any atom is -0.398 e. The molecule has 28 heavy (non-hydrogen) atoms. The zero-order valence-corrected chi connectivity index (χ0v) is 17.2. The van der Waals surface area contributed by atoms with Crippen molar-refractivity contribution in [1.29, 1.82) is 5.41 Å². The van der Waals surface area contributed by atoms with Gasteiger partial charge >= 0.3 is 0 Å². The van der Waals surface area contributed by atoms with Gasteiger partial charge in [-0.25, -0.2) is 0 Å². The molecule has 1 aromatic heterocycles. The molecule has 3 N–H and O–H groups in total. The number of aldehydes is 1. The molecule has 0 saturated heterocycles. The molecule has 2 aromatic carbocycles. The number of nitrogens with one attached hydrogen (secondary N) is 1. The van der Waals surface area contributed by atoms with Gasteiger partial charge in [-0.15, -0.1) is 11.8 Å². The number of pyridine rings is 1. The third kappa shape index (κ3) is 5.08. The highest BCUT2D eigenvalue weighted by Gasteiger charge is 2.10. The number of anilines is 1. The van der Waals surface area contributed by atoms with Crippen LogP contribution in [0.4, 0.5) is 5.69 Å². The second kappa shape index (κ2) is 10.4. The topological polar surface area (TPSA) is 79.8 Å². The molecule has 0 aliphatic heterocycles. The maximum absolute atomic E-state index is 11.0. The fourth-order valence-corrected chi connectivity index (χ4v) is 3.72. The molecular weight excluding hydrogens is 366 g/mol. The molecule has 0 bridgehead atoms. The van der Waals surface area contributed by atoms with E-state index in [2.05, 4.69) is 24.0 Å². The van der Waals surface area contributed by atoms with Crippen molar-refractivity contribution < 1.29 is 4.79 Å². The Hall–Kier alpha value is -2.92. The summed E-state index contributed by atoms with van der Waals surface area (Å²) in [6, 6.07) is 13.9. The summed E-state index contributed by atoms with van der Waals surface area (Å²) in [7, 11) is 0. The van der Waals surface area contributed by atoms with Crippen LogP contribution in [-0.2, 0) is 5.75 Å². The summed E-state index contributed by atoms with van der Waals surface area (Å²) in [5.74, 6) is 0.701. The highest BCUT2D eigenvalue weighted by molar-refractivity contribution is 7.98. The van der Waals surface area contributed by atoms with Gasteiger partial charge in [-0.2, -0.15) is 0 Å². The highest BCUT2D eigenvalue weighted by Crippen LogP contribution is 2.32. The van der Waals surface area contributed by atoms with Crippen LogP contribution in [0, 0.1) is 12.3 Å². The van der Waals surface area contributed by atoms with Crippen LogP contribution < -0.4 is 5.73 Å². The van der Waals surface area contributed by atoms with E-state index >= 15 is 0 Å². The van der Waals surface area contributed by atoms with Gasteiger partial charge in [0.15, 0.2) is 6.29 Å². The van der Waals surface area contributed by atoms with E-state index in [9.17, 15) is 4.79 Å². The van der Waals surface area contributed by atoms with E-state index < -0.39 is 0 Å². The number of aromatic nitrogens is 1. The number of aryl methyl sites for hydroxylation is 1. The molecule has 5 heteroatoms. The van der Waals surface area contributed by atoms with Crippen molar-refractivity contribution in [3.05, 3.63) is 77.1 Å². The van der Waals surface area contributed by atoms with Crippen LogP contribution in [0.5, 0.6) is 0 Å². The van der Waals surface area contributed by atoms with Crippen molar-refractivity contribution in [3.63, 3.8) is 0 Å². The summed E-state index contributed by atoms with van der Waals surface area (Å²) >= 11 is 1.72. The molecule has 0 fully saturated rings. The first kappa shape index (κ1) is 21.4. The standard InChI is InChI=1S/C21H19N3OS.C2H6/c1-14-4-2-3-5-20(14)26-13-19-8-16(7-17(9-22)21(19)23)18-6-15(12-25)10-24-11-18;1-2/h2-12,22H,13,23H2,1H3;1-2H3. The summed E-state index contributed by atoms with van der Waals surface area (Å²) in [6.45, 7) is 6.09. The smallest absolute Gasteiger partial charge is 0.151 e. The minimum atomic E-state index is 0.520. The summed E-state index contributed by atoms with van der Waals surface area (Å²) in [5, 5.41) is 7.67. The van der Waals surface area contributed by atoms with Crippen LogP contribution in [-0.4, -0.2) is 17.5 Å². The van der Waals surface area contributed by atoms with Gasteiger partial charge in [-0.05, 0) is 47.9 Å². The third-order valence-electron chi connectivity index (χ3n) is 4.16. The van der Waals surface area contributed by atoms with E-state index in [1.54, 1.807) is 24.0 Å². The van der Waals surface area contributed by atoms with Crippen molar-refractivity contribution in [2.45, 2.75) is 31.4 Å². The molecule has 0 saturated carbocycles. The molecule has 3 rings (SSSR count). The Kier molecular flexibility index (Phi) is 7.96.